The summed E-state index contributed by atoms with van der Waals surface area (Å²) in [7, 11) is 1.05. The molecule has 0 atom stereocenters. The molecule has 0 saturated heterocycles. The fourth-order valence-electron chi connectivity index (χ4n) is 1.23. The van der Waals surface area contributed by atoms with Crippen molar-refractivity contribution in [1.82, 2.24) is 4.98 Å². The third-order valence-corrected chi connectivity index (χ3v) is 1.97. The van der Waals surface area contributed by atoms with Gasteiger partial charge in [-0.15, -0.1) is 0 Å². The van der Waals surface area contributed by atoms with Crippen LogP contribution < -0.4 is 4.74 Å². The van der Waals surface area contributed by atoms with Crippen LogP contribution in [0.15, 0.2) is 6.07 Å². The van der Waals surface area contributed by atoms with Crippen molar-refractivity contribution in [3.8, 4) is 5.75 Å². The molecule has 0 amide bonds. The van der Waals surface area contributed by atoms with Crippen molar-refractivity contribution in [3.63, 3.8) is 0 Å². The van der Waals surface area contributed by atoms with Crippen LogP contribution in [0.2, 0.25) is 0 Å². The number of hydrogen-bond acceptors (Lipinski definition) is 3. The van der Waals surface area contributed by atoms with Crippen molar-refractivity contribution >= 4 is 0 Å². The van der Waals surface area contributed by atoms with Gasteiger partial charge in [0.15, 0.2) is 0 Å². The first kappa shape index (κ1) is 13.6. The first-order valence-corrected chi connectivity index (χ1v) is 4.35. The van der Waals surface area contributed by atoms with Crippen LogP contribution in [0.5, 0.6) is 5.75 Å². The average molecular weight is 257 g/mol. The van der Waals surface area contributed by atoms with E-state index < -0.39 is 30.5 Å². The van der Waals surface area contributed by atoms with Gasteiger partial charge in [0.05, 0.1) is 19.3 Å². The van der Waals surface area contributed by atoms with Crippen LogP contribution in [-0.4, -0.2) is 17.2 Å². The standard InChI is InChI=1S/C9H8F5NO2/c1-17-6-2-4(9(12,13)14)7(8(10)11)15-5(6)3-16/h2,8,16H,3H2,1H3. The molecule has 0 aliphatic heterocycles. The highest BCUT2D eigenvalue weighted by atomic mass is 19.4. The molecule has 0 radical (unpaired) electrons. The molecule has 3 nitrogen and oxygen atoms in total. The summed E-state index contributed by atoms with van der Waals surface area (Å²) < 4.78 is 66.8. The maximum Gasteiger partial charge on any atom is 0.418 e. The highest BCUT2D eigenvalue weighted by Crippen LogP contribution is 2.38. The molecule has 1 aromatic rings. The minimum absolute atomic E-state index is 0.365. The van der Waals surface area contributed by atoms with Crippen molar-refractivity contribution in [1.29, 1.82) is 0 Å². The van der Waals surface area contributed by atoms with Gasteiger partial charge in [0, 0.05) is 0 Å². The summed E-state index contributed by atoms with van der Waals surface area (Å²) >= 11 is 0. The lowest BCUT2D eigenvalue weighted by Gasteiger charge is -2.15. The van der Waals surface area contributed by atoms with E-state index >= 15 is 0 Å². The molecule has 17 heavy (non-hydrogen) atoms. The highest BCUT2D eigenvalue weighted by molar-refractivity contribution is 5.37. The molecule has 0 saturated carbocycles. The minimum Gasteiger partial charge on any atom is -0.495 e. The summed E-state index contributed by atoms with van der Waals surface area (Å²) in [6.07, 6.45) is -8.34. The Balaban J connectivity index is 3.46. The molecule has 0 aliphatic rings. The van der Waals surface area contributed by atoms with E-state index in [4.69, 9.17) is 5.11 Å². The van der Waals surface area contributed by atoms with Crippen LogP contribution in [-0.2, 0) is 12.8 Å². The SMILES string of the molecule is COc1cc(C(F)(F)F)c(C(F)F)nc1CO. The summed E-state index contributed by atoms with van der Waals surface area (Å²) in [5.41, 5.74) is -3.35. The number of ether oxygens (including phenoxy) is 1. The normalized spacial score (nSPS) is 12.0. The van der Waals surface area contributed by atoms with Crippen molar-refractivity contribution in [2.24, 2.45) is 0 Å². The van der Waals surface area contributed by atoms with E-state index in [0.29, 0.717) is 6.07 Å². The molecule has 1 N–H and O–H groups in total. The quantitative estimate of drug-likeness (QED) is 0.846. The molecule has 96 valence electrons. The van der Waals surface area contributed by atoms with Crippen LogP contribution in [0.3, 0.4) is 0 Å². The second kappa shape index (κ2) is 4.82. The molecule has 0 fully saturated rings. The van der Waals surface area contributed by atoms with E-state index in [9.17, 15) is 22.0 Å². The first-order chi connectivity index (χ1) is 7.81. The summed E-state index contributed by atoms with van der Waals surface area (Å²) in [5, 5.41) is 8.78. The van der Waals surface area contributed by atoms with Gasteiger partial charge in [-0.05, 0) is 6.07 Å². The van der Waals surface area contributed by atoms with E-state index in [1.807, 2.05) is 0 Å². The van der Waals surface area contributed by atoms with Gasteiger partial charge in [-0.3, -0.25) is 0 Å². The fourth-order valence-corrected chi connectivity index (χ4v) is 1.23. The number of hydrogen-bond donors (Lipinski definition) is 1. The largest absolute Gasteiger partial charge is 0.495 e. The average Bonchev–Trinajstić information content (AvgIpc) is 2.25. The van der Waals surface area contributed by atoms with Crippen LogP contribution in [0.4, 0.5) is 22.0 Å². The number of aliphatic hydroxyl groups excluding tert-OH is 1. The topological polar surface area (TPSA) is 42.4 Å². The molecule has 1 aromatic heterocycles. The molecule has 0 bridgehead atoms. The number of methoxy groups -OCH3 is 1. The van der Waals surface area contributed by atoms with E-state index in [-0.39, 0.29) is 11.4 Å². The molecular formula is C9H8F5NO2. The zero-order valence-electron chi connectivity index (χ0n) is 8.55. The number of aromatic nitrogens is 1. The molecule has 1 heterocycles. The number of halogens is 5. The molecule has 0 aliphatic carbocycles. The predicted octanol–water partition coefficient (Wildman–Crippen LogP) is 2.54. The zero-order chi connectivity index (χ0) is 13.2. The van der Waals surface area contributed by atoms with Crippen molar-refractivity contribution in [3.05, 3.63) is 23.0 Å². The summed E-state index contributed by atoms with van der Waals surface area (Å²) in [4.78, 5) is 3.08. The zero-order valence-corrected chi connectivity index (χ0v) is 8.55. The Hall–Kier alpha value is -1.44. The smallest absolute Gasteiger partial charge is 0.418 e. The van der Waals surface area contributed by atoms with Crippen LogP contribution in [0, 0.1) is 0 Å². The Bertz CT molecular complexity index is 405. The number of aliphatic hydroxyl groups is 1. The van der Waals surface area contributed by atoms with Crippen molar-refractivity contribution in [2.75, 3.05) is 7.11 Å². The van der Waals surface area contributed by atoms with E-state index in [1.165, 1.54) is 0 Å². The Labute approximate surface area is 92.8 Å². The van der Waals surface area contributed by atoms with E-state index in [2.05, 4.69) is 9.72 Å². The molecule has 1 rings (SSSR count). The Kier molecular flexibility index (Phi) is 3.87. The number of rotatable bonds is 3. The Morgan fingerprint density at radius 2 is 2.00 bits per heavy atom. The predicted molar refractivity (Wildman–Crippen MR) is 46.7 cm³/mol. The van der Waals surface area contributed by atoms with Gasteiger partial charge in [0.2, 0.25) is 0 Å². The van der Waals surface area contributed by atoms with Crippen LogP contribution in [0.25, 0.3) is 0 Å². The number of alkyl halides is 5. The van der Waals surface area contributed by atoms with Gasteiger partial charge in [-0.1, -0.05) is 0 Å². The van der Waals surface area contributed by atoms with Crippen LogP contribution >= 0.6 is 0 Å². The lowest BCUT2D eigenvalue weighted by atomic mass is 10.1. The third-order valence-electron chi connectivity index (χ3n) is 1.97. The van der Waals surface area contributed by atoms with Gasteiger partial charge in [-0.2, -0.15) is 13.2 Å². The summed E-state index contributed by atoms with van der Waals surface area (Å²) in [5.74, 6) is -0.385. The molecule has 0 spiro atoms. The second-order valence-corrected chi connectivity index (χ2v) is 3.03. The number of pyridine rings is 1. The Morgan fingerprint density at radius 3 is 2.35 bits per heavy atom. The number of nitrogens with zero attached hydrogens (tertiary/aromatic N) is 1. The highest BCUT2D eigenvalue weighted by Gasteiger charge is 2.38. The first-order valence-electron chi connectivity index (χ1n) is 4.35. The maximum atomic E-state index is 12.5. The lowest BCUT2D eigenvalue weighted by molar-refractivity contribution is -0.140. The lowest BCUT2D eigenvalue weighted by Crippen LogP contribution is -2.13. The van der Waals surface area contributed by atoms with Gasteiger partial charge >= 0.3 is 6.18 Å². The fraction of sp³-hybridized carbons (Fsp3) is 0.444. The van der Waals surface area contributed by atoms with E-state index in [1.54, 1.807) is 0 Å². The van der Waals surface area contributed by atoms with Gasteiger partial charge in [0.1, 0.15) is 17.1 Å². The van der Waals surface area contributed by atoms with Crippen LogP contribution in [0.1, 0.15) is 23.4 Å². The Morgan fingerprint density at radius 1 is 1.41 bits per heavy atom. The summed E-state index contributed by atoms with van der Waals surface area (Å²) in [6, 6.07) is 0.403. The maximum absolute atomic E-state index is 12.5. The van der Waals surface area contributed by atoms with Gasteiger partial charge < -0.3 is 9.84 Å². The van der Waals surface area contributed by atoms with Crippen molar-refractivity contribution < 1.29 is 31.8 Å². The molecule has 8 heteroatoms. The van der Waals surface area contributed by atoms with Gasteiger partial charge in [0.25, 0.3) is 6.43 Å². The molecule has 0 unspecified atom stereocenters. The van der Waals surface area contributed by atoms with E-state index in [0.717, 1.165) is 7.11 Å². The second-order valence-electron chi connectivity index (χ2n) is 3.03. The molecule has 0 aromatic carbocycles. The minimum atomic E-state index is -4.96. The monoisotopic (exact) mass is 257 g/mol. The van der Waals surface area contributed by atoms with Crippen molar-refractivity contribution in [2.45, 2.75) is 19.2 Å². The third kappa shape index (κ3) is 2.82. The molecular weight excluding hydrogens is 249 g/mol. The summed E-state index contributed by atoms with van der Waals surface area (Å²) in [6.45, 7) is -0.791. The van der Waals surface area contributed by atoms with Gasteiger partial charge in [-0.25, -0.2) is 13.8 Å².